The van der Waals surface area contributed by atoms with E-state index in [0.717, 1.165) is 129 Å². The number of aryl methyl sites for hydroxylation is 9. The van der Waals surface area contributed by atoms with Gasteiger partial charge in [0.15, 0.2) is 11.4 Å². The van der Waals surface area contributed by atoms with Crippen LogP contribution in [0.4, 0.5) is 17.6 Å². The summed E-state index contributed by atoms with van der Waals surface area (Å²) in [5.41, 5.74) is 23.7. The Kier molecular flexibility index (Phi) is 23.3. The Morgan fingerprint density at radius 1 is 0.416 bits per heavy atom. The minimum Gasteiger partial charge on any atom is -0.473 e. The highest BCUT2D eigenvalue weighted by atomic mass is 35.5. The summed E-state index contributed by atoms with van der Waals surface area (Å²) in [5.74, 6) is 1.16. The van der Waals surface area contributed by atoms with Crippen LogP contribution in [-0.4, -0.2) is 65.5 Å². The van der Waals surface area contributed by atoms with E-state index < -0.39 is 6.23 Å². The minimum atomic E-state index is -0.680. The summed E-state index contributed by atoms with van der Waals surface area (Å²) in [7, 11) is 0. The van der Waals surface area contributed by atoms with Crippen LogP contribution in [0.1, 0.15) is 150 Å². The normalized spacial score (nSPS) is 12.6. The lowest BCUT2D eigenvalue weighted by Crippen LogP contribution is -2.28. The number of aliphatic hydroxyl groups is 1. The number of aromatic nitrogens is 9. The van der Waals surface area contributed by atoms with Crippen molar-refractivity contribution in [2.75, 3.05) is 0 Å². The van der Waals surface area contributed by atoms with Gasteiger partial charge in [-0.3, -0.25) is 0 Å². The zero-order chi connectivity index (χ0) is 72.7. The van der Waals surface area contributed by atoms with Gasteiger partial charge >= 0.3 is 0 Å². The van der Waals surface area contributed by atoms with E-state index in [1.54, 1.807) is 24.3 Å². The summed E-state index contributed by atoms with van der Waals surface area (Å²) < 4.78 is 80.0. The Hall–Kier alpha value is -10.2. The Balaban J connectivity index is 0.000000137. The second kappa shape index (κ2) is 32.0. The molecule has 10 heterocycles. The van der Waals surface area contributed by atoms with Crippen LogP contribution in [0.25, 0.3) is 27.8 Å². The molecule has 0 aliphatic carbocycles. The Morgan fingerprint density at radius 3 is 1.16 bits per heavy atom. The van der Waals surface area contributed by atoms with Crippen molar-refractivity contribution in [1.29, 1.82) is 0 Å². The standard InChI is InChI=1S/2C19H21FN2O.C16H14ClFN2.C16H17FN2O.C12H16N2O/c2*1-12(2)23-19-18-9-13(3)11-22(18)17(14(4)21-19)10-15-5-7-16(20)8-6-15;1-10-7-15-16(17)19-11(2)14(20(15)9-10)8-12-3-5-13(18)6-4-12;1-10-7-15-16(20)18-11(2)14(19(15)9-10)8-12-3-5-13(17)6-4-12;1-8(2)15-12-11-5-9(3)6-14(11)7-10(4)13-12/h2*5-9,11-12H,10H2,1-4H3;3-7,9H,8H2,1-2H3;3-7,9,16,18,20H,8H2,1-2H3;5-8H,1-4H3. The third-order valence-electron chi connectivity index (χ3n) is 16.8. The van der Waals surface area contributed by atoms with E-state index in [0.29, 0.717) is 42.6 Å². The van der Waals surface area contributed by atoms with Crippen LogP contribution in [0.15, 0.2) is 170 Å². The van der Waals surface area contributed by atoms with Crippen LogP contribution in [0, 0.1) is 85.6 Å². The number of fused-ring (bicyclic) bond motifs is 5. The number of nitrogens with one attached hydrogen (secondary N) is 1. The molecule has 0 bridgehead atoms. The number of nitrogens with zero attached hydrogens (tertiary/aromatic N) is 9. The van der Waals surface area contributed by atoms with E-state index in [-0.39, 0.29) is 41.6 Å². The molecule has 101 heavy (non-hydrogen) atoms. The van der Waals surface area contributed by atoms with Crippen LogP contribution in [0.2, 0.25) is 5.15 Å². The molecule has 526 valence electrons. The lowest BCUT2D eigenvalue weighted by Gasteiger charge is -2.27. The Morgan fingerprint density at radius 2 is 0.752 bits per heavy atom. The number of ether oxygens (including phenoxy) is 3. The van der Waals surface area contributed by atoms with Gasteiger partial charge in [-0.1, -0.05) is 60.1 Å². The second-order valence-electron chi connectivity index (χ2n) is 26.8. The quantitative estimate of drug-likeness (QED) is 0.102. The number of halogens is 5. The first kappa shape index (κ1) is 73.5. The van der Waals surface area contributed by atoms with Crippen molar-refractivity contribution >= 4 is 39.4 Å². The maximum atomic E-state index is 13.1. The molecule has 14 nitrogen and oxygen atoms in total. The molecule has 1 aliphatic rings. The van der Waals surface area contributed by atoms with Crippen molar-refractivity contribution < 1.29 is 36.9 Å². The molecule has 0 spiro atoms. The summed E-state index contributed by atoms with van der Waals surface area (Å²) in [6.07, 6.45) is 14.7. The highest BCUT2D eigenvalue weighted by Crippen LogP contribution is 2.32. The van der Waals surface area contributed by atoms with E-state index in [4.69, 9.17) is 25.8 Å². The topological polar surface area (TPSA) is 134 Å². The summed E-state index contributed by atoms with van der Waals surface area (Å²) in [6.45, 7) is 32.1. The predicted molar refractivity (Wildman–Crippen MR) is 395 cm³/mol. The number of rotatable bonds is 14. The van der Waals surface area contributed by atoms with Gasteiger partial charge in [-0.15, -0.1) is 0 Å². The third-order valence-corrected chi connectivity index (χ3v) is 17.1. The van der Waals surface area contributed by atoms with Crippen LogP contribution < -0.4 is 19.5 Å². The first-order valence-electron chi connectivity index (χ1n) is 33.9. The number of hydrogen-bond donors (Lipinski definition) is 2. The molecule has 14 rings (SSSR count). The van der Waals surface area contributed by atoms with E-state index in [1.165, 1.54) is 54.1 Å². The molecule has 9 aromatic heterocycles. The third kappa shape index (κ3) is 18.4. The van der Waals surface area contributed by atoms with Crippen LogP contribution >= 0.6 is 11.6 Å². The number of aliphatic hydroxyl groups excluding tert-OH is 1. The molecule has 4 aromatic carbocycles. The van der Waals surface area contributed by atoms with Gasteiger partial charge in [0.25, 0.3) is 0 Å². The fraction of sp³-hybridized carbons (Fsp3) is 0.293. The molecular weight excluding hydrogens is 1300 g/mol. The Labute approximate surface area is 593 Å². The molecule has 1 atom stereocenters. The van der Waals surface area contributed by atoms with Crippen molar-refractivity contribution in [2.45, 2.75) is 161 Å². The van der Waals surface area contributed by atoms with Gasteiger partial charge in [-0.05, 0) is 240 Å². The zero-order valence-electron chi connectivity index (χ0n) is 60.3. The molecule has 0 amide bonds. The lowest BCUT2D eigenvalue weighted by atomic mass is 10.1. The fourth-order valence-corrected chi connectivity index (χ4v) is 12.5. The molecule has 0 fully saturated rings. The highest BCUT2D eigenvalue weighted by molar-refractivity contribution is 6.32. The summed E-state index contributed by atoms with van der Waals surface area (Å²) in [6, 6.07) is 36.5. The van der Waals surface area contributed by atoms with E-state index in [9.17, 15) is 22.7 Å². The first-order chi connectivity index (χ1) is 48.0. The average molecular weight is 1390 g/mol. The molecule has 1 aliphatic heterocycles. The monoisotopic (exact) mass is 1390 g/mol. The highest BCUT2D eigenvalue weighted by Gasteiger charge is 2.24. The SMILES string of the molecule is CC1=C(Cc2ccc(F)cc2)n2cc(C)cc2C(O)N1.Cc1cc2c(Cl)nc(C)c(Cc3ccc(F)cc3)n2c1.Cc1cc2c(OC(C)C)nc(C)c(Cc3ccc(F)cc3)n2c1.Cc1cc2c(OC(C)C)nc(C)c(Cc3ccc(F)cc3)n2c1.Cc1cc2c(OC(C)C)nc(C)cn2c1. The fourth-order valence-electron chi connectivity index (χ4n) is 12.2. The van der Waals surface area contributed by atoms with Crippen molar-refractivity contribution in [3.8, 4) is 17.6 Å². The second-order valence-corrected chi connectivity index (χ2v) is 27.2. The van der Waals surface area contributed by atoms with Gasteiger partial charge in [0, 0.05) is 91.3 Å². The van der Waals surface area contributed by atoms with E-state index in [2.05, 4.69) is 107 Å². The van der Waals surface area contributed by atoms with Gasteiger partial charge in [0.05, 0.1) is 52.3 Å². The molecule has 19 heteroatoms. The van der Waals surface area contributed by atoms with Gasteiger partial charge < -0.3 is 46.8 Å². The van der Waals surface area contributed by atoms with Crippen molar-refractivity contribution in [3.05, 3.63) is 294 Å². The molecule has 0 saturated heterocycles. The number of hydrogen-bond acceptors (Lipinski definition) is 9. The van der Waals surface area contributed by atoms with Crippen LogP contribution in [-0.2, 0) is 25.7 Å². The van der Waals surface area contributed by atoms with Crippen molar-refractivity contribution in [3.63, 3.8) is 0 Å². The predicted octanol–water partition coefficient (Wildman–Crippen LogP) is 19.0. The lowest BCUT2D eigenvalue weighted by molar-refractivity contribution is 0.141. The first-order valence-corrected chi connectivity index (χ1v) is 34.3. The minimum absolute atomic E-state index is 0.0730. The largest absolute Gasteiger partial charge is 0.473 e. The van der Waals surface area contributed by atoms with Crippen LogP contribution in [0.5, 0.6) is 17.6 Å². The van der Waals surface area contributed by atoms with Crippen molar-refractivity contribution in [1.82, 2.24) is 47.4 Å². The van der Waals surface area contributed by atoms with Gasteiger partial charge in [0.2, 0.25) is 17.6 Å². The van der Waals surface area contributed by atoms with Gasteiger partial charge in [-0.2, -0.15) is 0 Å². The van der Waals surface area contributed by atoms with Crippen LogP contribution in [0.3, 0.4) is 0 Å². The van der Waals surface area contributed by atoms with Crippen molar-refractivity contribution in [2.24, 2.45) is 0 Å². The molecule has 1 unspecified atom stereocenters. The molecular formula is C82H89ClF4N10O4. The summed E-state index contributed by atoms with van der Waals surface area (Å²) in [5, 5.41) is 13.6. The molecule has 0 saturated carbocycles. The summed E-state index contributed by atoms with van der Waals surface area (Å²) >= 11 is 6.19. The Bertz CT molecular complexity index is 4920. The number of allylic oxidation sites excluding steroid dienone is 2. The average Bonchev–Trinajstić information content (AvgIpc) is 1.69. The molecule has 13 aromatic rings. The van der Waals surface area contributed by atoms with E-state index in [1.807, 2.05) is 143 Å². The summed E-state index contributed by atoms with van der Waals surface area (Å²) in [4.78, 5) is 18.1. The molecule has 0 radical (unpaired) electrons. The zero-order valence-corrected chi connectivity index (χ0v) is 61.1. The number of benzene rings is 4. The molecule has 2 N–H and O–H groups in total. The smallest absolute Gasteiger partial charge is 0.238 e. The van der Waals surface area contributed by atoms with E-state index >= 15 is 0 Å². The van der Waals surface area contributed by atoms with Gasteiger partial charge in [-0.25, -0.2) is 37.5 Å². The maximum absolute atomic E-state index is 13.1. The van der Waals surface area contributed by atoms with Gasteiger partial charge in [0.1, 0.15) is 39.8 Å². The maximum Gasteiger partial charge on any atom is 0.238 e.